The van der Waals surface area contributed by atoms with Gasteiger partial charge < -0.3 is 10.1 Å². The summed E-state index contributed by atoms with van der Waals surface area (Å²) in [6.45, 7) is 1.62. The van der Waals surface area contributed by atoms with Crippen molar-refractivity contribution in [2.45, 2.75) is 24.7 Å². The molecule has 2 rings (SSSR count). The van der Waals surface area contributed by atoms with Crippen molar-refractivity contribution in [3.63, 3.8) is 0 Å². The second-order valence-electron chi connectivity index (χ2n) is 6.95. The van der Waals surface area contributed by atoms with Crippen molar-refractivity contribution >= 4 is 21.9 Å². The molecule has 0 unspecified atom stereocenters. The van der Waals surface area contributed by atoms with Gasteiger partial charge in [-0.05, 0) is 43.2 Å². The van der Waals surface area contributed by atoms with Crippen molar-refractivity contribution < 1.29 is 22.7 Å². The van der Waals surface area contributed by atoms with E-state index in [1.54, 1.807) is 0 Å². The predicted octanol–water partition coefficient (Wildman–Crippen LogP) is 1.78. The maximum Gasteiger partial charge on any atom is 0.321 e. The molecule has 0 aromatic heterocycles. The summed E-state index contributed by atoms with van der Waals surface area (Å²) in [5, 5.41) is 11.5. The Balaban J connectivity index is 1.70. The number of esters is 1. The first-order valence-corrected chi connectivity index (χ1v) is 11.1. The molecule has 31 heavy (non-hydrogen) atoms. The Morgan fingerprint density at radius 2 is 1.74 bits per heavy atom. The van der Waals surface area contributed by atoms with Crippen molar-refractivity contribution in [2.24, 2.45) is 0 Å². The van der Waals surface area contributed by atoms with E-state index in [4.69, 9.17) is 10.00 Å². The number of benzene rings is 2. The van der Waals surface area contributed by atoms with Crippen molar-refractivity contribution in [3.05, 3.63) is 65.2 Å². The molecule has 0 fully saturated rings. The summed E-state index contributed by atoms with van der Waals surface area (Å²) in [7, 11) is -2.62. The van der Waals surface area contributed by atoms with Crippen LogP contribution in [-0.2, 0) is 30.8 Å². The molecule has 8 nitrogen and oxygen atoms in total. The smallest absolute Gasteiger partial charge is 0.321 e. The monoisotopic (exact) mass is 443 g/mol. The van der Waals surface area contributed by atoms with Crippen LogP contribution in [0.3, 0.4) is 0 Å². The van der Waals surface area contributed by atoms with Crippen LogP contribution in [0.1, 0.15) is 23.1 Å². The van der Waals surface area contributed by atoms with E-state index in [-0.39, 0.29) is 24.0 Å². The number of amides is 1. The van der Waals surface area contributed by atoms with Crippen molar-refractivity contribution in [1.82, 2.24) is 9.62 Å². The number of carbonyl (C=O) groups excluding carboxylic acids is 2. The highest BCUT2D eigenvalue weighted by Gasteiger charge is 2.23. The third-order valence-electron chi connectivity index (χ3n) is 4.49. The Labute approximate surface area is 182 Å². The minimum atomic E-state index is -3.89. The number of hydrogen-bond donors (Lipinski definition) is 1. The van der Waals surface area contributed by atoms with Gasteiger partial charge >= 0.3 is 5.97 Å². The summed E-state index contributed by atoms with van der Waals surface area (Å²) in [6, 6.07) is 15.2. The third-order valence-corrected chi connectivity index (χ3v) is 6.31. The average Bonchev–Trinajstić information content (AvgIpc) is 2.76. The number of nitriles is 1. The van der Waals surface area contributed by atoms with E-state index in [1.807, 2.05) is 37.3 Å². The van der Waals surface area contributed by atoms with Crippen LogP contribution in [0.5, 0.6) is 0 Å². The molecule has 0 spiro atoms. The van der Waals surface area contributed by atoms with Gasteiger partial charge in [0.2, 0.25) is 15.9 Å². The number of rotatable bonds is 10. The molecule has 1 amide bonds. The molecule has 0 aliphatic rings. The first-order chi connectivity index (χ1) is 14.7. The zero-order valence-electron chi connectivity index (χ0n) is 17.5. The van der Waals surface area contributed by atoms with Gasteiger partial charge in [0.15, 0.2) is 0 Å². The molecule has 1 N–H and O–H groups in total. The third kappa shape index (κ3) is 7.51. The molecule has 0 saturated carbocycles. The van der Waals surface area contributed by atoms with Gasteiger partial charge in [0.1, 0.15) is 13.2 Å². The van der Waals surface area contributed by atoms with Gasteiger partial charge in [0.25, 0.3) is 0 Å². The summed E-state index contributed by atoms with van der Waals surface area (Å²) < 4.78 is 30.8. The first-order valence-electron chi connectivity index (χ1n) is 9.67. The first kappa shape index (κ1) is 24.1. The number of hydrogen-bond acceptors (Lipinski definition) is 6. The zero-order chi connectivity index (χ0) is 22.9. The fourth-order valence-electron chi connectivity index (χ4n) is 2.65. The Kier molecular flexibility index (Phi) is 8.73. The number of nitrogens with zero attached hydrogens (tertiary/aromatic N) is 2. The van der Waals surface area contributed by atoms with E-state index in [2.05, 4.69) is 5.32 Å². The van der Waals surface area contributed by atoms with Crippen LogP contribution in [0.25, 0.3) is 0 Å². The molecule has 0 atom stereocenters. The van der Waals surface area contributed by atoms with Gasteiger partial charge in [-0.2, -0.15) is 9.57 Å². The molecule has 0 bridgehead atoms. The second kappa shape index (κ2) is 11.2. The van der Waals surface area contributed by atoms with Gasteiger partial charge in [-0.3, -0.25) is 9.59 Å². The lowest BCUT2D eigenvalue weighted by Gasteiger charge is -2.16. The maximum absolute atomic E-state index is 12.5. The molecule has 2 aromatic carbocycles. The van der Waals surface area contributed by atoms with E-state index < -0.39 is 22.5 Å². The highest BCUT2D eigenvalue weighted by Crippen LogP contribution is 2.15. The largest absolute Gasteiger partial charge is 0.463 e. The standard InChI is InChI=1S/C22H25N3O5S/c1-17-3-5-18(6-4-17)9-12-21(26)24-13-14-30-22(27)16-25(2)31(28,29)20-10-7-19(15-23)8-11-20/h3-8,10-11H,9,12-14,16H2,1-2H3,(H,24,26). The summed E-state index contributed by atoms with van der Waals surface area (Å²) in [6.07, 6.45) is 0.937. The molecule has 9 heteroatoms. The lowest BCUT2D eigenvalue weighted by molar-refractivity contribution is -0.143. The SMILES string of the molecule is Cc1ccc(CCC(=O)NCCOC(=O)CN(C)S(=O)(=O)c2ccc(C#N)cc2)cc1. The summed E-state index contributed by atoms with van der Waals surface area (Å²) >= 11 is 0. The summed E-state index contributed by atoms with van der Waals surface area (Å²) in [5.74, 6) is -0.884. The number of sulfonamides is 1. The van der Waals surface area contributed by atoms with Crippen molar-refractivity contribution in [3.8, 4) is 6.07 Å². The van der Waals surface area contributed by atoms with Crippen LogP contribution in [-0.4, -0.2) is 51.3 Å². The molecule has 2 aromatic rings. The van der Waals surface area contributed by atoms with E-state index in [0.717, 1.165) is 15.4 Å². The van der Waals surface area contributed by atoms with Crippen LogP contribution in [0.4, 0.5) is 0 Å². The van der Waals surface area contributed by atoms with Gasteiger partial charge in [-0.1, -0.05) is 29.8 Å². The van der Waals surface area contributed by atoms with Gasteiger partial charge in [-0.15, -0.1) is 0 Å². The van der Waals surface area contributed by atoms with Crippen molar-refractivity contribution in [1.29, 1.82) is 5.26 Å². The quantitative estimate of drug-likeness (QED) is 0.442. The van der Waals surface area contributed by atoms with Crippen LogP contribution >= 0.6 is 0 Å². The summed E-state index contributed by atoms with van der Waals surface area (Å²) in [4.78, 5) is 23.8. The topological polar surface area (TPSA) is 117 Å². The number of carbonyl (C=O) groups is 2. The van der Waals surface area contributed by atoms with Crippen LogP contribution in [0.2, 0.25) is 0 Å². The lowest BCUT2D eigenvalue weighted by atomic mass is 10.1. The van der Waals surface area contributed by atoms with Gasteiger partial charge in [-0.25, -0.2) is 8.42 Å². The number of ether oxygens (including phenoxy) is 1. The lowest BCUT2D eigenvalue weighted by Crippen LogP contribution is -2.34. The second-order valence-corrected chi connectivity index (χ2v) is 9.00. The highest BCUT2D eigenvalue weighted by atomic mass is 32.2. The summed E-state index contributed by atoms with van der Waals surface area (Å²) in [5.41, 5.74) is 2.56. The molecule has 164 valence electrons. The Morgan fingerprint density at radius 3 is 2.35 bits per heavy atom. The van der Waals surface area contributed by atoms with Gasteiger partial charge in [0.05, 0.1) is 23.1 Å². The zero-order valence-corrected chi connectivity index (χ0v) is 18.3. The van der Waals surface area contributed by atoms with Crippen LogP contribution in [0.15, 0.2) is 53.4 Å². The van der Waals surface area contributed by atoms with E-state index in [0.29, 0.717) is 18.4 Å². The molecular weight excluding hydrogens is 418 g/mol. The molecule has 0 saturated heterocycles. The van der Waals surface area contributed by atoms with Crippen molar-refractivity contribution in [2.75, 3.05) is 26.7 Å². The van der Waals surface area contributed by atoms with Crippen LogP contribution in [0, 0.1) is 18.3 Å². The molecular formula is C22H25N3O5S. The average molecular weight is 444 g/mol. The number of nitrogens with one attached hydrogen (secondary N) is 1. The fourth-order valence-corrected chi connectivity index (χ4v) is 3.77. The fraction of sp³-hybridized carbons (Fsp3) is 0.318. The molecule has 0 aliphatic carbocycles. The molecule has 0 radical (unpaired) electrons. The minimum Gasteiger partial charge on any atom is -0.463 e. The van der Waals surface area contributed by atoms with E-state index >= 15 is 0 Å². The maximum atomic E-state index is 12.5. The highest BCUT2D eigenvalue weighted by molar-refractivity contribution is 7.89. The number of aryl methyl sites for hydroxylation is 2. The minimum absolute atomic E-state index is 0.0253. The van der Waals surface area contributed by atoms with Crippen LogP contribution < -0.4 is 5.32 Å². The Hall–Kier alpha value is -3.22. The van der Waals surface area contributed by atoms with E-state index in [1.165, 1.54) is 31.3 Å². The Bertz CT molecular complexity index is 1040. The predicted molar refractivity (Wildman–Crippen MR) is 114 cm³/mol. The number of likely N-dealkylation sites (N-methyl/N-ethyl adjacent to an activating group) is 1. The Morgan fingerprint density at radius 1 is 1.10 bits per heavy atom. The molecule has 0 heterocycles. The van der Waals surface area contributed by atoms with Gasteiger partial charge in [0, 0.05) is 13.5 Å². The normalized spacial score (nSPS) is 11.0. The van der Waals surface area contributed by atoms with E-state index in [9.17, 15) is 18.0 Å². The molecule has 0 aliphatic heterocycles.